The molecule has 1 heteroatoms. The molecule has 0 amide bonds. The van der Waals surface area contributed by atoms with Gasteiger partial charge in [0, 0.05) is 11.1 Å². The lowest BCUT2D eigenvalue weighted by Gasteiger charge is -2.09. The fourth-order valence-corrected chi connectivity index (χ4v) is 2.33. The summed E-state index contributed by atoms with van der Waals surface area (Å²) in [6.45, 7) is 10.1. The Morgan fingerprint density at radius 1 is 1.15 bits per heavy atom. The summed E-state index contributed by atoms with van der Waals surface area (Å²) in [6, 6.07) is 6.07. The molecule has 0 saturated carbocycles. The maximum absolute atomic E-state index is 12.5. The van der Waals surface area contributed by atoms with Crippen LogP contribution in [-0.2, 0) is 4.79 Å². The SMILES string of the molecule is C=C(C(=O)C1=CC=C(C)CC=C1)c1ccc(C)cc1C. The van der Waals surface area contributed by atoms with Gasteiger partial charge in [0.1, 0.15) is 0 Å². The van der Waals surface area contributed by atoms with Crippen LogP contribution in [0, 0.1) is 13.8 Å². The summed E-state index contributed by atoms with van der Waals surface area (Å²) < 4.78 is 0. The van der Waals surface area contributed by atoms with Crippen molar-refractivity contribution < 1.29 is 4.79 Å². The number of ketones is 1. The Hall–Kier alpha value is -2.15. The Kier molecular flexibility index (Phi) is 4.19. The summed E-state index contributed by atoms with van der Waals surface area (Å²) in [7, 11) is 0. The molecule has 20 heavy (non-hydrogen) atoms. The lowest BCUT2D eigenvalue weighted by Crippen LogP contribution is -2.04. The summed E-state index contributed by atoms with van der Waals surface area (Å²) in [5.74, 6) is -0.000784. The van der Waals surface area contributed by atoms with E-state index in [1.165, 1.54) is 11.1 Å². The van der Waals surface area contributed by atoms with Crippen LogP contribution in [0.4, 0.5) is 0 Å². The normalized spacial score (nSPS) is 14.3. The molecule has 1 nitrogen and oxygen atoms in total. The van der Waals surface area contributed by atoms with Gasteiger partial charge in [-0.3, -0.25) is 4.79 Å². The van der Waals surface area contributed by atoms with Crippen molar-refractivity contribution in [3.8, 4) is 0 Å². The minimum atomic E-state index is -0.000784. The van der Waals surface area contributed by atoms with Gasteiger partial charge in [-0.05, 0) is 38.3 Å². The maximum Gasteiger partial charge on any atom is 0.193 e. The molecule has 0 heterocycles. The van der Waals surface area contributed by atoms with Gasteiger partial charge in [0.2, 0.25) is 0 Å². The zero-order chi connectivity index (χ0) is 14.7. The highest BCUT2D eigenvalue weighted by atomic mass is 16.1. The van der Waals surface area contributed by atoms with Gasteiger partial charge in [-0.15, -0.1) is 0 Å². The van der Waals surface area contributed by atoms with E-state index in [-0.39, 0.29) is 5.78 Å². The molecule has 1 aliphatic rings. The van der Waals surface area contributed by atoms with Crippen molar-refractivity contribution in [2.45, 2.75) is 27.2 Å². The minimum Gasteiger partial charge on any atom is -0.289 e. The second-order valence-electron chi connectivity index (χ2n) is 5.37. The largest absolute Gasteiger partial charge is 0.289 e. The van der Waals surface area contributed by atoms with E-state index < -0.39 is 0 Å². The third kappa shape index (κ3) is 3.05. The van der Waals surface area contributed by atoms with Crippen LogP contribution in [-0.4, -0.2) is 5.78 Å². The zero-order valence-corrected chi connectivity index (χ0v) is 12.4. The highest BCUT2D eigenvalue weighted by molar-refractivity contribution is 6.29. The number of aryl methyl sites for hydroxylation is 2. The van der Waals surface area contributed by atoms with Crippen molar-refractivity contribution in [3.63, 3.8) is 0 Å². The fourth-order valence-electron chi connectivity index (χ4n) is 2.33. The lowest BCUT2D eigenvalue weighted by atomic mass is 9.93. The van der Waals surface area contributed by atoms with Crippen LogP contribution in [0.15, 0.2) is 60.2 Å². The lowest BCUT2D eigenvalue weighted by molar-refractivity contribution is -0.110. The smallest absolute Gasteiger partial charge is 0.193 e. The van der Waals surface area contributed by atoms with E-state index in [9.17, 15) is 4.79 Å². The number of allylic oxidation sites excluding steroid dienone is 7. The molecule has 2 rings (SSSR count). The summed E-state index contributed by atoms with van der Waals surface area (Å²) in [4.78, 5) is 12.5. The summed E-state index contributed by atoms with van der Waals surface area (Å²) >= 11 is 0. The molecule has 1 aromatic carbocycles. The first-order valence-electron chi connectivity index (χ1n) is 6.84. The molecule has 0 fully saturated rings. The number of hydrogen-bond acceptors (Lipinski definition) is 1. The van der Waals surface area contributed by atoms with Gasteiger partial charge in [0.05, 0.1) is 0 Å². The first kappa shape index (κ1) is 14.3. The third-order valence-corrected chi connectivity index (χ3v) is 3.53. The van der Waals surface area contributed by atoms with Gasteiger partial charge in [-0.1, -0.05) is 60.2 Å². The molecular weight excluding hydrogens is 244 g/mol. The molecule has 0 atom stereocenters. The molecule has 0 aliphatic heterocycles. The van der Waals surface area contributed by atoms with Crippen molar-refractivity contribution in [3.05, 3.63) is 76.9 Å². The highest BCUT2D eigenvalue weighted by Crippen LogP contribution is 2.23. The van der Waals surface area contributed by atoms with Crippen LogP contribution < -0.4 is 0 Å². The molecule has 1 aromatic rings. The summed E-state index contributed by atoms with van der Waals surface area (Å²) in [6.07, 6.45) is 8.70. The number of benzene rings is 1. The molecule has 0 spiro atoms. The van der Waals surface area contributed by atoms with E-state index in [0.717, 1.165) is 17.5 Å². The molecule has 0 N–H and O–H groups in total. The molecular formula is C19H20O. The van der Waals surface area contributed by atoms with Gasteiger partial charge in [-0.2, -0.15) is 0 Å². The molecule has 0 aromatic heterocycles. The van der Waals surface area contributed by atoms with E-state index in [4.69, 9.17) is 0 Å². The van der Waals surface area contributed by atoms with Crippen LogP contribution in [0.5, 0.6) is 0 Å². The molecule has 0 bridgehead atoms. The monoisotopic (exact) mass is 264 g/mol. The van der Waals surface area contributed by atoms with Gasteiger partial charge in [-0.25, -0.2) is 0 Å². The minimum absolute atomic E-state index is 0.000784. The standard InChI is InChI=1S/C19H20O/c1-13-6-5-7-17(10-8-13)19(20)16(4)18-11-9-14(2)12-15(18)3/h5,7-12H,4,6H2,1-3H3. The topological polar surface area (TPSA) is 17.1 Å². The van der Waals surface area contributed by atoms with E-state index in [2.05, 4.69) is 19.6 Å². The van der Waals surface area contributed by atoms with Crippen molar-refractivity contribution in [2.75, 3.05) is 0 Å². The molecule has 0 unspecified atom stereocenters. The first-order valence-corrected chi connectivity index (χ1v) is 6.84. The van der Waals surface area contributed by atoms with Crippen LogP contribution in [0.2, 0.25) is 0 Å². The summed E-state index contributed by atoms with van der Waals surface area (Å²) in [5, 5.41) is 0. The van der Waals surface area contributed by atoms with Crippen molar-refractivity contribution >= 4 is 11.4 Å². The first-order chi connectivity index (χ1) is 9.49. The Morgan fingerprint density at radius 2 is 1.90 bits per heavy atom. The average molecular weight is 264 g/mol. The van der Waals surface area contributed by atoms with Crippen LogP contribution >= 0.6 is 0 Å². The van der Waals surface area contributed by atoms with Crippen LogP contribution in [0.3, 0.4) is 0 Å². The van der Waals surface area contributed by atoms with Crippen molar-refractivity contribution in [2.24, 2.45) is 0 Å². The quantitative estimate of drug-likeness (QED) is 0.722. The number of Topliss-reactive ketones (excluding diaryl/α,β-unsaturated/α-hetero) is 1. The molecule has 0 radical (unpaired) electrons. The maximum atomic E-state index is 12.5. The predicted molar refractivity (Wildman–Crippen MR) is 85.6 cm³/mol. The van der Waals surface area contributed by atoms with E-state index in [1.807, 2.05) is 50.3 Å². The Balaban J connectivity index is 2.32. The van der Waals surface area contributed by atoms with Gasteiger partial charge < -0.3 is 0 Å². The van der Waals surface area contributed by atoms with E-state index in [1.54, 1.807) is 0 Å². The number of carbonyl (C=O) groups excluding carboxylic acids is 1. The molecule has 1 aliphatic carbocycles. The van der Waals surface area contributed by atoms with Gasteiger partial charge in [0.15, 0.2) is 5.78 Å². The van der Waals surface area contributed by atoms with Gasteiger partial charge in [0.25, 0.3) is 0 Å². The highest BCUT2D eigenvalue weighted by Gasteiger charge is 2.15. The van der Waals surface area contributed by atoms with Crippen molar-refractivity contribution in [1.29, 1.82) is 0 Å². The van der Waals surface area contributed by atoms with Crippen LogP contribution in [0.25, 0.3) is 5.57 Å². The molecule has 0 saturated heterocycles. The number of carbonyl (C=O) groups is 1. The molecule has 102 valence electrons. The zero-order valence-electron chi connectivity index (χ0n) is 12.4. The van der Waals surface area contributed by atoms with Crippen molar-refractivity contribution in [1.82, 2.24) is 0 Å². The Bertz CT molecular complexity index is 654. The number of rotatable bonds is 3. The Labute approximate surface area is 121 Å². The van der Waals surface area contributed by atoms with E-state index in [0.29, 0.717) is 11.1 Å². The second-order valence-corrected chi connectivity index (χ2v) is 5.37. The van der Waals surface area contributed by atoms with Gasteiger partial charge >= 0.3 is 0 Å². The fraction of sp³-hybridized carbons (Fsp3) is 0.211. The second kappa shape index (κ2) is 5.87. The summed E-state index contributed by atoms with van der Waals surface area (Å²) in [5.41, 5.74) is 5.73. The average Bonchev–Trinajstić information content (AvgIpc) is 2.62. The Morgan fingerprint density at radius 3 is 2.60 bits per heavy atom. The third-order valence-electron chi connectivity index (χ3n) is 3.53. The number of hydrogen-bond donors (Lipinski definition) is 0. The van der Waals surface area contributed by atoms with Crippen LogP contribution in [0.1, 0.15) is 30.0 Å². The van der Waals surface area contributed by atoms with E-state index >= 15 is 0 Å². The predicted octanol–water partition coefficient (Wildman–Crippen LogP) is 4.72.